The summed E-state index contributed by atoms with van der Waals surface area (Å²) in [5.41, 5.74) is 0.592. The normalized spacial score (nSPS) is 16.8. The summed E-state index contributed by atoms with van der Waals surface area (Å²) in [6.45, 7) is 8.47. The van der Waals surface area contributed by atoms with Crippen LogP contribution < -0.4 is 5.32 Å². The van der Waals surface area contributed by atoms with E-state index in [2.05, 4.69) is 29.2 Å². The quantitative estimate of drug-likeness (QED) is 0.817. The minimum Gasteiger partial charge on any atom is -0.379 e. The summed E-state index contributed by atoms with van der Waals surface area (Å²) in [4.78, 5) is 15.3. The zero-order chi connectivity index (χ0) is 18.5. The van der Waals surface area contributed by atoms with Crippen LogP contribution in [0.15, 0.2) is 30.7 Å². The van der Waals surface area contributed by atoms with Crippen molar-refractivity contribution in [2.45, 2.75) is 26.3 Å². The van der Waals surface area contributed by atoms with Crippen LogP contribution in [0.1, 0.15) is 30.6 Å². The molecule has 142 valence electrons. The van der Waals surface area contributed by atoms with Gasteiger partial charge in [-0.05, 0) is 24.5 Å². The Balaban J connectivity index is 1.69. The maximum absolute atomic E-state index is 12.8. The zero-order valence-electron chi connectivity index (χ0n) is 15.9. The van der Waals surface area contributed by atoms with Gasteiger partial charge in [-0.3, -0.25) is 14.4 Å². The summed E-state index contributed by atoms with van der Waals surface area (Å²) in [5.74, 6) is 1.27. The molecule has 7 heteroatoms. The molecule has 0 aliphatic carbocycles. The summed E-state index contributed by atoms with van der Waals surface area (Å²) in [5, 5.41) is 7.40. The first kappa shape index (κ1) is 18.7. The molecule has 1 N–H and O–H groups in total. The van der Waals surface area contributed by atoms with Crippen molar-refractivity contribution in [1.82, 2.24) is 24.6 Å². The number of aromatic nitrogens is 3. The lowest BCUT2D eigenvalue weighted by Gasteiger charge is -2.35. The molecule has 0 saturated carbocycles. The first-order chi connectivity index (χ1) is 12.6. The molecule has 1 saturated heterocycles. The van der Waals surface area contributed by atoms with Crippen LogP contribution in [0.3, 0.4) is 0 Å². The molecule has 3 heterocycles. The number of hydrogen-bond acceptors (Lipinski definition) is 4. The number of morpholine rings is 1. The van der Waals surface area contributed by atoms with Crippen LogP contribution in [-0.4, -0.2) is 64.0 Å². The molecule has 1 fully saturated rings. The maximum atomic E-state index is 12.8. The molecule has 1 aliphatic rings. The van der Waals surface area contributed by atoms with Crippen LogP contribution in [0.4, 0.5) is 0 Å². The number of nitrogens with one attached hydrogen (secondary N) is 1. The van der Waals surface area contributed by atoms with E-state index in [4.69, 9.17) is 4.74 Å². The highest BCUT2D eigenvalue weighted by molar-refractivity contribution is 5.97. The van der Waals surface area contributed by atoms with Gasteiger partial charge in [0.05, 0.1) is 19.4 Å². The highest BCUT2D eigenvalue weighted by atomic mass is 16.5. The molecule has 1 atom stereocenters. The van der Waals surface area contributed by atoms with Crippen molar-refractivity contribution in [2.24, 2.45) is 13.0 Å². The van der Waals surface area contributed by atoms with Crippen LogP contribution in [0.2, 0.25) is 0 Å². The van der Waals surface area contributed by atoms with Gasteiger partial charge in [0.15, 0.2) is 0 Å². The van der Waals surface area contributed by atoms with Crippen molar-refractivity contribution < 1.29 is 9.53 Å². The standard InChI is InChI=1S/C19H29N5O2/c1-15(2)12-16(23-8-10-26-11-9-23)13-20-18(25)17-14-21-22(3)19(17)24-6-4-5-7-24/h4-7,14-16H,8-13H2,1-3H3,(H,20,25)/t16-/m0/s1. The topological polar surface area (TPSA) is 64.3 Å². The van der Waals surface area contributed by atoms with E-state index in [1.165, 1.54) is 0 Å². The number of rotatable bonds is 7. The van der Waals surface area contributed by atoms with E-state index in [1.807, 2.05) is 36.1 Å². The van der Waals surface area contributed by atoms with Gasteiger partial charge in [-0.15, -0.1) is 0 Å². The Morgan fingerprint density at radius 2 is 1.96 bits per heavy atom. The zero-order valence-corrected chi connectivity index (χ0v) is 15.9. The Kier molecular flexibility index (Phi) is 6.11. The molecular formula is C19H29N5O2. The van der Waals surface area contributed by atoms with Gasteiger partial charge in [0.25, 0.3) is 5.91 Å². The SMILES string of the molecule is CC(C)C[C@@H](CNC(=O)c1cnn(C)c1-n1cccc1)N1CCOCC1. The van der Waals surface area contributed by atoms with Crippen molar-refractivity contribution in [2.75, 3.05) is 32.8 Å². The van der Waals surface area contributed by atoms with Gasteiger partial charge in [0.2, 0.25) is 0 Å². The third-order valence-electron chi connectivity index (χ3n) is 4.80. The van der Waals surface area contributed by atoms with E-state index < -0.39 is 0 Å². The number of carbonyl (C=O) groups is 1. The highest BCUT2D eigenvalue weighted by Crippen LogP contribution is 2.16. The maximum Gasteiger partial charge on any atom is 0.256 e. The predicted octanol–water partition coefficient (Wildman–Crippen LogP) is 1.69. The van der Waals surface area contributed by atoms with Crippen LogP contribution in [0.25, 0.3) is 5.82 Å². The molecule has 0 radical (unpaired) electrons. The van der Waals surface area contributed by atoms with E-state index in [9.17, 15) is 4.79 Å². The van der Waals surface area contributed by atoms with Crippen molar-refractivity contribution in [1.29, 1.82) is 0 Å². The number of amides is 1. The van der Waals surface area contributed by atoms with E-state index in [1.54, 1.807) is 10.9 Å². The van der Waals surface area contributed by atoms with E-state index in [0.717, 1.165) is 38.5 Å². The van der Waals surface area contributed by atoms with Crippen LogP contribution in [0, 0.1) is 5.92 Å². The van der Waals surface area contributed by atoms with Gasteiger partial charge in [-0.1, -0.05) is 13.8 Å². The third kappa shape index (κ3) is 4.34. The molecule has 1 aliphatic heterocycles. The van der Waals surface area contributed by atoms with Crippen molar-refractivity contribution in [3.8, 4) is 5.82 Å². The van der Waals surface area contributed by atoms with Crippen molar-refractivity contribution in [3.05, 3.63) is 36.3 Å². The molecule has 0 spiro atoms. The Hall–Kier alpha value is -2.12. The van der Waals surface area contributed by atoms with Gasteiger partial charge in [-0.2, -0.15) is 5.10 Å². The number of ether oxygens (including phenoxy) is 1. The van der Waals surface area contributed by atoms with Crippen LogP contribution >= 0.6 is 0 Å². The Morgan fingerprint density at radius 3 is 2.62 bits per heavy atom. The second-order valence-electron chi connectivity index (χ2n) is 7.24. The predicted molar refractivity (Wildman–Crippen MR) is 101 cm³/mol. The summed E-state index contributed by atoms with van der Waals surface area (Å²) >= 11 is 0. The van der Waals surface area contributed by atoms with Crippen molar-refractivity contribution in [3.63, 3.8) is 0 Å². The average Bonchev–Trinajstić information content (AvgIpc) is 3.28. The Bertz CT molecular complexity index is 702. The average molecular weight is 359 g/mol. The smallest absolute Gasteiger partial charge is 0.256 e. The summed E-state index contributed by atoms with van der Waals surface area (Å²) in [7, 11) is 1.85. The first-order valence-electron chi connectivity index (χ1n) is 9.31. The molecule has 0 bridgehead atoms. The fourth-order valence-corrected chi connectivity index (χ4v) is 3.53. The number of hydrogen-bond donors (Lipinski definition) is 1. The second-order valence-corrected chi connectivity index (χ2v) is 7.24. The summed E-state index contributed by atoms with van der Waals surface area (Å²) < 4.78 is 9.10. The lowest BCUT2D eigenvalue weighted by Crippen LogP contribution is -2.49. The Labute approximate surface area is 154 Å². The third-order valence-corrected chi connectivity index (χ3v) is 4.80. The van der Waals surface area contributed by atoms with E-state index >= 15 is 0 Å². The summed E-state index contributed by atoms with van der Waals surface area (Å²) in [6.07, 6.45) is 6.53. The largest absolute Gasteiger partial charge is 0.379 e. The van der Waals surface area contributed by atoms with Crippen LogP contribution in [0.5, 0.6) is 0 Å². The number of nitrogens with zero attached hydrogens (tertiary/aromatic N) is 4. The second kappa shape index (κ2) is 8.51. The molecule has 26 heavy (non-hydrogen) atoms. The first-order valence-corrected chi connectivity index (χ1v) is 9.31. The van der Waals surface area contributed by atoms with Gasteiger partial charge < -0.3 is 14.6 Å². The monoisotopic (exact) mass is 359 g/mol. The lowest BCUT2D eigenvalue weighted by molar-refractivity contribution is 0.0124. The molecule has 0 aromatic carbocycles. The van der Waals surface area contributed by atoms with Gasteiger partial charge >= 0.3 is 0 Å². The van der Waals surface area contributed by atoms with Gasteiger partial charge in [-0.25, -0.2) is 0 Å². The molecule has 2 aromatic heterocycles. The van der Waals surface area contributed by atoms with Gasteiger partial charge in [0, 0.05) is 45.1 Å². The molecular weight excluding hydrogens is 330 g/mol. The number of aryl methyl sites for hydroxylation is 1. The number of carbonyl (C=O) groups excluding carboxylic acids is 1. The van der Waals surface area contributed by atoms with Gasteiger partial charge in [0.1, 0.15) is 11.4 Å². The molecule has 1 amide bonds. The lowest BCUT2D eigenvalue weighted by atomic mass is 10.0. The molecule has 3 rings (SSSR count). The van der Waals surface area contributed by atoms with E-state index in [0.29, 0.717) is 24.1 Å². The fraction of sp³-hybridized carbons (Fsp3) is 0.579. The Morgan fingerprint density at radius 1 is 1.27 bits per heavy atom. The minimum atomic E-state index is -0.0798. The minimum absolute atomic E-state index is 0.0798. The molecule has 2 aromatic rings. The van der Waals surface area contributed by atoms with Crippen molar-refractivity contribution >= 4 is 5.91 Å². The highest BCUT2D eigenvalue weighted by Gasteiger charge is 2.24. The van der Waals surface area contributed by atoms with E-state index in [-0.39, 0.29) is 5.91 Å². The fourth-order valence-electron chi connectivity index (χ4n) is 3.53. The molecule has 0 unspecified atom stereocenters. The molecule has 7 nitrogen and oxygen atoms in total. The van der Waals surface area contributed by atoms with Crippen LogP contribution in [-0.2, 0) is 11.8 Å². The summed E-state index contributed by atoms with van der Waals surface area (Å²) in [6, 6.07) is 4.20.